The first kappa shape index (κ1) is 13.6. The molecule has 13 heavy (non-hydrogen) atoms. The third-order valence-corrected chi connectivity index (χ3v) is 4.16. The topological polar surface area (TPSA) is 139 Å². The molecule has 0 spiro atoms. The summed E-state index contributed by atoms with van der Waals surface area (Å²) < 4.78 is 37.3. The molecule has 76 valence electrons. The molecule has 0 heterocycles. The van der Waals surface area contributed by atoms with Crippen molar-refractivity contribution in [2.24, 2.45) is 0 Å². The van der Waals surface area contributed by atoms with Crippen LogP contribution in [0.2, 0.25) is 0 Å². The van der Waals surface area contributed by atoms with E-state index in [2.05, 4.69) is 16.2 Å². The molecule has 2 radical (unpaired) electrons. The van der Waals surface area contributed by atoms with Gasteiger partial charge in [-0.25, -0.2) is 0 Å². The molecule has 0 N–H and O–H groups in total. The lowest BCUT2D eigenvalue weighted by Gasteiger charge is -2.35. The number of hydrogen-bond acceptors (Lipinski definition) is 8. The molecule has 0 amide bonds. The summed E-state index contributed by atoms with van der Waals surface area (Å²) in [6.45, 7) is 0.696. The Kier molecular flexibility index (Phi) is 4.14. The van der Waals surface area contributed by atoms with Gasteiger partial charge in [0.15, 0.2) is 7.25 Å². The highest BCUT2D eigenvalue weighted by atomic mass is 31.3. The van der Waals surface area contributed by atoms with E-state index in [0.29, 0.717) is 6.66 Å². The molecule has 0 fully saturated rings. The van der Waals surface area contributed by atoms with Crippen molar-refractivity contribution in [3.63, 3.8) is 0 Å². The third-order valence-electron chi connectivity index (χ3n) is 0.462. The first-order valence-electron chi connectivity index (χ1n) is 2.53. The van der Waals surface area contributed by atoms with Gasteiger partial charge in [0, 0.05) is 6.66 Å². The lowest BCUT2D eigenvalue weighted by molar-refractivity contribution is -0.339. The largest absolute Gasteiger partial charge is 0.790 e. The van der Waals surface area contributed by atoms with E-state index in [4.69, 9.17) is 0 Å². The van der Waals surface area contributed by atoms with E-state index in [1.165, 1.54) is 0 Å². The molecule has 0 saturated heterocycles. The van der Waals surface area contributed by atoms with Crippen molar-refractivity contribution in [3.8, 4) is 0 Å². The Morgan fingerprint density at radius 2 is 1.46 bits per heavy atom. The first-order valence-corrected chi connectivity index (χ1v) is 7.59. The Morgan fingerprint density at radius 3 is 1.69 bits per heavy atom. The van der Waals surface area contributed by atoms with Crippen LogP contribution in [0.25, 0.3) is 0 Å². The van der Waals surface area contributed by atoms with Gasteiger partial charge in [0.05, 0.1) is 7.82 Å². The Morgan fingerprint density at radius 1 is 1.08 bits per heavy atom. The van der Waals surface area contributed by atoms with E-state index in [-0.39, 0.29) is 0 Å². The second-order valence-electron chi connectivity index (χ2n) is 1.97. The van der Waals surface area contributed by atoms with E-state index < -0.39 is 22.9 Å². The highest BCUT2D eigenvalue weighted by molar-refractivity contribution is 7.86. The van der Waals surface area contributed by atoms with Gasteiger partial charge in [0.1, 0.15) is 0 Å². The number of phosphoric acid groups is 2. The number of rotatable bonds is 4. The first-order chi connectivity index (χ1) is 5.41. The summed E-state index contributed by atoms with van der Waals surface area (Å²) in [5.41, 5.74) is 0. The lowest BCUT2D eigenvalue weighted by atomic mass is 10.8. The predicted octanol–water partition coefficient (Wildman–Crippen LogP) is -1.69. The number of hydrogen-bond donors (Lipinski definition) is 0. The van der Waals surface area contributed by atoms with Gasteiger partial charge in [-0.15, -0.1) is 0 Å². The van der Waals surface area contributed by atoms with Gasteiger partial charge < -0.3 is 23.8 Å². The van der Waals surface area contributed by atoms with Crippen LogP contribution < -0.4 is 14.7 Å². The second-order valence-corrected chi connectivity index (χ2v) is 6.88. The Hall–Kier alpha value is 0.555. The maximum Gasteiger partial charge on any atom is 0.276 e. The second kappa shape index (κ2) is 3.97. The maximum absolute atomic E-state index is 10.5. The average molecular weight is 247 g/mol. The highest BCUT2D eigenvalue weighted by Gasteiger charge is 2.19. The van der Waals surface area contributed by atoms with E-state index in [9.17, 15) is 28.4 Å². The van der Waals surface area contributed by atoms with Crippen LogP contribution in [0, 0.1) is 0 Å². The summed E-state index contributed by atoms with van der Waals surface area (Å²) >= 11 is 0. The molecule has 0 rings (SSSR count). The monoisotopic (exact) mass is 247 g/mol. The molecule has 0 aliphatic heterocycles. The van der Waals surface area contributed by atoms with Crippen LogP contribution in [-0.2, 0) is 22.3 Å². The van der Waals surface area contributed by atoms with E-state index in [0.717, 1.165) is 0 Å². The molecule has 12 heteroatoms. The summed E-state index contributed by atoms with van der Waals surface area (Å²) in [5.74, 6) is 0. The zero-order valence-corrected chi connectivity index (χ0v) is 8.87. The minimum absolute atomic E-state index is 0.696. The van der Waals surface area contributed by atoms with Gasteiger partial charge >= 0.3 is 0 Å². The Labute approximate surface area is 74.9 Å². The fourth-order valence-corrected chi connectivity index (χ4v) is 3.29. The van der Waals surface area contributed by atoms with Crippen molar-refractivity contribution in [2.75, 3.05) is 6.66 Å². The van der Waals surface area contributed by atoms with E-state index in [1.807, 2.05) is 0 Å². The minimum Gasteiger partial charge on any atom is -0.790 e. The van der Waals surface area contributed by atoms with Crippen LogP contribution in [0.3, 0.4) is 0 Å². The van der Waals surface area contributed by atoms with Gasteiger partial charge in [-0.3, -0.25) is 13.2 Å². The third kappa shape index (κ3) is 8.87. The zero-order valence-electron chi connectivity index (χ0n) is 6.18. The molecule has 0 saturated carbocycles. The predicted molar refractivity (Wildman–Crippen MR) is 36.7 cm³/mol. The van der Waals surface area contributed by atoms with Crippen molar-refractivity contribution in [3.05, 3.63) is 0 Å². The SMILES string of the molecule is [B]P(C)(=O)OP(=O)([O-])OP(=O)([O-])[O-]. The molecule has 0 aromatic rings. The van der Waals surface area contributed by atoms with Crippen LogP contribution in [0.5, 0.6) is 0 Å². The smallest absolute Gasteiger partial charge is 0.276 e. The quantitative estimate of drug-likeness (QED) is 0.423. The van der Waals surface area contributed by atoms with E-state index >= 15 is 0 Å². The molecule has 0 aromatic heterocycles. The molecule has 8 nitrogen and oxygen atoms in total. The van der Waals surface area contributed by atoms with Crippen LogP contribution >= 0.6 is 22.9 Å². The molecule has 0 bridgehead atoms. The van der Waals surface area contributed by atoms with Crippen molar-refractivity contribution in [1.29, 1.82) is 0 Å². The van der Waals surface area contributed by atoms with E-state index in [1.54, 1.807) is 0 Å². The van der Waals surface area contributed by atoms with Gasteiger partial charge in [0.2, 0.25) is 7.57 Å². The van der Waals surface area contributed by atoms with Gasteiger partial charge in [0.25, 0.3) is 7.82 Å². The van der Waals surface area contributed by atoms with Crippen molar-refractivity contribution in [2.45, 2.75) is 0 Å². The molecular weight excluding hydrogens is 244 g/mol. The standard InChI is InChI=1S/CH6BO8P3/c1-11(2,3)9-13(7,8)10-12(4,5)6/h1H3,(H,7,8)(H2,4,5,6)/p-3. The van der Waals surface area contributed by atoms with Crippen molar-refractivity contribution >= 4 is 30.5 Å². The maximum atomic E-state index is 10.5. The summed E-state index contributed by atoms with van der Waals surface area (Å²) in [6.07, 6.45) is 0. The van der Waals surface area contributed by atoms with Gasteiger partial charge in [-0.2, -0.15) is 0 Å². The molecular formula is CH3BO8P3-3. The molecule has 0 aromatic carbocycles. The highest BCUT2D eigenvalue weighted by Crippen LogP contribution is 2.59. The summed E-state index contributed by atoms with van der Waals surface area (Å²) in [5, 5.41) is 0. The summed E-state index contributed by atoms with van der Waals surface area (Å²) in [4.78, 5) is 30.0. The van der Waals surface area contributed by atoms with Crippen molar-refractivity contribution in [1.82, 2.24) is 0 Å². The molecule has 0 aliphatic carbocycles. The fraction of sp³-hybridized carbons (Fsp3) is 1.00. The molecule has 2 atom stereocenters. The minimum atomic E-state index is -5.75. The normalized spacial score (nSPS) is 21.8. The Bertz CT molecular complexity index is 281. The zero-order chi connectivity index (χ0) is 10.9. The molecule has 2 unspecified atom stereocenters. The molecule has 0 aliphatic rings. The van der Waals surface area contributed by atoms with Crippen LogP contribution in [0.15, 0.2) is 0 Å². The Balaban J connectivity index is 4.54. The van der Waals surface area contributed by atoms with Gasteiger partial charge in [-0.05, 0) is 0 Å². The summed E-state index contributed by atoms with van der Waals surface area (Å²) in [7, 11) is -10.6. The van der Waals surface area contributed by atoms with Crippen LogP contribution in [0.1, 0.15) is 0 Å². The summed E-state index contributed by atoms with van der Waals surface area (Å²) in [6, 6.07) is 0. The lowest BCUT2D eigenvalue weighted by Crippen LogP contribution is -2.18. The van der Waals surface area contributed by atoms with Crippen LogP contribution in [-0.4, -0.2) is 14.2 Å². The fourth-order valence-electron chi connectivity index (χ4n) is 0.336. The van der Waals surface area contributed by atoms with Gasteiger partial charge in [-0.1, -0.05) is 0 Å². The average Bonchev–Trinajstić information content (AvgIpc) is 1.43. The van der Waals surface area contributed by atoms with Crippen molar-refractivity contribution < 1.29 is 37.0 Å². The van der Waals surface area contributed by atoms with Crippen LogP contribution in [0.4, 0.5) is 0 Å².